The van der Waals surface area contributed by atoms with E-state index in [9.17, 15) is 5.11 Å². The summed E-state index contributed by atoms with van der Waals surface area (Å²) in [6, 6.07) is 11.2. The molecule has 2 aromatic carbocycles. The van der Waals surface area contributed by atoms with Gasteiger partial charge in [0.25, 0.3) is 0 Å². The zero-order valence-electron chi connectivity index (χ0n) is 13.3. The molecule has 0 aliphatic rings. The maximum absolute atomic E-state index is 12.1. The van der Waals surface area contributed by atoms with E-state index in [0.29, 0.717) is 12.0 Å². The number of allylic oxidation sites excluding steroid dienone is 2. The molecule has 2 nitrogen and oxygen atoms in total. The zero-order chi connectivity index (χ0) is 15.2. The van der Waals surface area contributed by atoms with E-state index in [1.54, 1.807) is 13.2 Å². The Morgan fingerprint density at radius 2 is 1.77 bits per heavy atom. The minimum Gasteiger partial charge on any atom is -0.872 e. The SMILES string of the molecule is C=CCc1ccc([O-])c(-c2ccc(OC)c(CC=C)c2)c1.[Li+]. The molecule has 0 saturated heterocycles. The van der Waals surface area contributed by atoms with E-state index in [-0.39, 0.29) is 24.6 Å². The topological polar surface area (TPSA) is 32.3 Å². The summed E-state index contributed by atoms with van der Waals surface area (Å²) >= 11 is 0. The van der Waals surface area contributed by atoms with Crippen LogP contribution in [0.1, 0.15) is 11.1 Å². The third-order valence-corrected chi connectivity index (χ3v) is 3.38. The maximum atomic E-state index is 12.1. The Kier molecular flexibility index (Phi) is 7.05. The molecule has 0 N–H and O–H groups in total. The van der Waals surface area contributed by atoms with Crippen molar-refractivity contribution in [3.05, 3.63) is 72.8 Å². The Morgan fingerprint density at radius 3 is 2.41 bits per heavy atom. The van der Waals surface area contributed by atoms with Crippen LogP contribution in [0.4, 0.5) is 0 Å². The second-order valence-electron chi connectivity index (χ2n) is 4.84. The number of benzene rings is 2. The molecule has 108 valence electrons. The molecule has 0 aliphatic carbocycles. The first-order valence-electron chi connectivity index (χ1n) is 6.88. The molecule has 0 fully saturated rings. The van der Waals surface area contributed by atoms with Gasteiger partial charge in [-0.05, 0) is 47.2 Å². The first kappa shape index (κ1) is 18.2. The largest absolute Gasteiger partial charge is 1.00 e. The summed E-state index contributed by atoms with van der Waals surface area (Å²) in [4.78, 5) is 0. The van der Waals surface area contributed by atoms with E-state index >= 15 is 0 Å². The number of ether oxygens (including phenoxy) is 1. The molecule has 2 aromatic rings. The molecule has 0 unspecified atom stereocenters. The van der Waals surface area contributed by atoms with Crippen molar-refractivity contribution in [1.82, 2.24) is 0 Å². The molecular formula is C19H19LiO2. The van der Waals surface area contributed by atoms with Gasteiger partial charge in [0.05, 0.1) is 7.11 Å². The molecule has 22 heavy (non-hydrogen) atoms. The summed E-state index contributed by atoms with van der Waals surface area (Å²) < 4.78 is 5.34. The van der Waals surface area contributed by atoms with Crippen molar-refractivity contribution in [3.63, 3.8) is 0 Å². The van der Waals surface area contributed by atoms with Gasteiger partial charge in [-0.25, -0.2) is 0 Å². The minimum absolute atomic E-state index is 0. The fourth-order valence-corrected chi connectivity index (χ4v) is 2.36. The van der Waals surface area contributed by atoms with Gasteiger partial charge in [-0.3, -0.25) is 0 Å². The predicted molar refractivity (Wildman–Crippen MR) is 85.7 cm³/mol. The van der Waals surface area contributed by atoms with E-state index in [4.69, 9.17) is 4.74 Å². The zero-order valence-corrected chi connectivity index (χ0v) is 13.3. The molecule has 2 rings (SSSR count). The number of hydrogen-bond donors (Lipinski definition) is 0. The molecule has 0 bridgehead atoms. The molecule has 0 amide bonds. The Morgan fingerprint density at radius 1 is 1.05 bits per heavy atom. The third-order valence-electron chi connectivity index (χ3n) is 3.38. The van der Waals surface area contributed by atoms with E-state index < -0.39 is 0 Å². The van der Waals surface area contributed by atoms with E-state index in [2.05, 4.69) is 13.2 Å². The molecule has 0 heterocycles. The summed E-state index contributed by atoms with van der Waals surface area (Å²) in [5.41, 5.74) is 3.73. The van der Waals surface area contributed by atoms with Crippen molar-refractivity contribution in [2.45, 2.75) is 12.8 Å². The monoisotopic (exact) mass is 286 g/mol. The Hall–Kier alpha value is -1.88. The van der Waals surface area contributed by atoms with Crippen molar-refractivity contribution >= 4 is 0 Å². The van der Waals surface area contributed by atoms with Gasteiger partial charge in [-0.2, -0.15) is 0 Å². The smallest absolute Gasteiger partial charge is 0.872 e. The average Bonchev–Trinajstić information content (AvgIpc) is 2.50. The van der Waals surface area contributed by atoms with Gasteiger partial charge >= 0.3 is 18.9 Å². The van der Waals surface area contributed by atoms with Crippen LogP contribution in [-0.4, -0.2) is 7.11 Å². The van der Waals surface area contributed by atoms with Crippen molar-refractivity contribution < 1.29 is 28.7 Å². The molecule has 0 aliphatic heterocycles. The molecule has 0 atom stereocenters. The van der Waals surface area contributed by atoms with Gasteiger partial charge in [-0.15, -0.1) is 18.9 Å². The fraction of sp³-hybridized carbons (Fsp3) is 0.158. The molecule has 0 radical (unpaired) electrons. The summed E-state index contributed by atoms with van der Waals surface area (Å²) in [6.45, 7) is 7.50. The van der Waals surface area contributed by atoms with Crippen LogP contribution in [0.15, 0.2) is 61.7 Å². The first-order chi connectivity index (χ1) is 10.2. The van der Waals surface area contributed by atoms with Crippen LogP contribution in [0.25, 0.3) is 11.1 Å². The Bertz CT molecular complexity index is 662. The van der Waals surface area contributed by atoms with Gasteiger partial charge in [0.15, 0.2) is 0 Å². The van der Waals surface area contributed by atoms with Crippen LogP contribution in [0.5, 0.6) is 11.5 Å². The summed E-state index contributed by atoms with van der Waals surface area (Å²) in [6.07, 6.45) is 5.12. The van der Waals surface area contributed by atoms with E-state index in [0.717, 1.165) is 28.9 Å². The Labute approximate surface area is 144 Å². The normalized spacial score (nSPS) is 9.68. The van der Waals surface area contributed by atoms with Crippen LogP contribution < -0.4 is 28.7 Å². The van der Waals surface area contributed by atoms with Crippen molar-refractivity contribution in [2.24, 2.45) is 0 Å². The second kappa shape index (κ2) is 8.53. The fourth-order valence-electron chi connectivity index (χ4n) is 2.36. The number of rotatable bonds is 6. The predicted octanol–water partition coefficient (Wildman–Crippen LogP) is 0.897. The van der Waals surface area contributed by atoms with E-state index in [1.165, 1.54) is 0 Å². The van der Waals surface area contributed by atoms with Gasteiger partial charge in [-0.1, -0.05) is 36.4 Å². The van der Waals surface area contributed by atoms with Gasteiger partial charge < -0.3 is 9.84 Å². The van der Waals surface area contributed by atoms with Gasteiger partial charge in [0.2, 0.25) is 0 Å². The summed E-state index contributed by atoms with van der Waals surface area (Å²) in [5.74, 6) is 0.839. The van der Waals surface area contributed by atoms with Crippen LogP contribution in [0, 0.1) is 0 Å². The summed E-state index contributed by atoms with van der Waals surface area (Å²) in [5, 5.41) is 12.1. The summed E-state index contributed by atoms with van der Waals surface area (Å²) in [7, 11) is 1.64. The average molecular weight is 286 g/mol. The molecule has 3 heteroatoms. The number of hydrogen-bond acceptors (Lipinski definition) is 2. The van der Waals surface area contributed by atoms with Gasteiger partial charge in [0, 0.05) is 0 Å². The molecule has 0 saturated carbocycles. The maximum Gasteiger partial charge on any atom is 1.00 e. The van der Waals surface area contributed by atoms with Gasteiger partial charge in [0.1, 0.15) is 5.75 Å². The van der Waals surface area contributed by atoms with Crippen LogP contribution in [0.3, 0.4) is 0 Å². The minimum atomic E-state index is 0. The Balaban J connectivity index is 0.00000242. The van der Waals surface area contributed by atoms with Crippen molar-refractivity contribution in [3.8, 4) is 22.6 Å². The molecule has 0 aromatic heterocycles. The number of methoxy groups -OCH3 is 1. The third kappa shape index (κ3) is 4.07. The van der Waals surface area contributed by atoms with Crippen molar-refractivity contribution in [1.29, 1.82) is 0 Å². The van der Waals surface area contributed by atoms with E-state index in [1.807, 2.05) is 42.5 Å². The van der Waals surface area contributed by atoms with Crippen LogP contribution in [0.2, 0.25) is 0 Å². The van der Waals surface area contributed by atoms with Crippen molar-refractivity contribution in [2.75, 3.05) is 7.11 Å². The standard InChI is InChI=1S/C19H20O2.Li/c1-4-6-14-8-10-18(20)17(12-14)15-9-11-19(21-3)16(13-15)7-5-2;/h4-5,8-13,20H,1-2,6-7H2,3H3;/q;+1/p-1. The van der Waals surface area contributed by atoms with Crippen LogP contribution in [-0.2, 0) is 12.8 Å². The molecule has 0 spiro atoms. The van der Waals surface area contributed by atoms with Crippen LogP contribution >= 0.6 is 0 Å². The second-order valence-corrected chi connectivity index (χ2v) is 4.84. The quantitative estimate of drug-likeness (QED) is 0.584. The first-order valence-corrected chi connectivity index (χ1v) is 6.88. The molecular weight excluding hydrogens is 267 g/mol.